The highest BCUT2D eigenvalue weighted by atomic mass is 16.5. The van der Waals surface area contributed by atoms with E-state index in [4.69, 9.17) is 10.3 Å². The van der Waals surface area contributed by atoms with E-state index < -0.39 is 0 Å². The minimum absolute atomic E-state index is 0.458. The quantitative estimate of drug-likeness (QED) is 0.743. The van der Waals surface area contributed by atoms with Crippen molar-refractivity contribution in [1.82, 2.24) is 10.1 Å². The van der Waals surface area contributed by atoms with Crippen molar-refractivity contribution in [1.29, 1.82) is 0 Å². The molecule has 108 valence electrons. The molecule has 0 radical (unpaired) electrons. The molecular formula is C16H18N4O. The lowest BCUT2D eigenvalue weighted by Gasteiger charge is -2.14. The van der Waals surface area contributed by atoms with Gasteiger partial charge in [-0.05, 0) is 41.9 Å². The maximum absolute atomic E-state index is 6.13. The van der Waals surface area contributed by atoms with E-state index in [9.17, 15) is 0 Å². The molecule has 3 aromatic rings. The second-order valence-corrected chi connectivity index (χ2v) is 4.86. The molecule has 0 unspecified atom stereocenters. The monoisotopic (exact) mass is 282 g/mol. The van der Waals surface area contributed by atoms with E-state index in [-0.39, 0.29) is 0 Å². The zero-order chi connectivity index (χ0) is 14.8. The van der Waals surface area contributed by atoms with E-state index >= 15 is 0 Å². The largest absolute Gasteiger partial charge is 0.398 e. The van der Waals surface area contributed by atoms with Crippen molar-refractivity contribution < 1.29 is 4.52 Å². The lowest BCUT2D eigenvalue weighted by molar-refractivity contribution is 0.429. The predicted octanol–water partition coefficient (Wildman–Crippen LogP) is 3.32. The summed E-state index contributed by atoms with van der Waals surface area (Å²) in [7, 11) is 0. The molecule has 0 aliphatic carbocycles. The van der Waals surface area contributed by atoms with Crippen molar-refractivity contribution in [2.45, 2.75) is 13.8 Å². The summed E-state index contributed by atoms with van der Waals surface area (Å²) in [5, 5.41) is 6.24. The van der Waals surface area contributed by atoms with Crippen LogP contribution >= 0.6 is 0 Å². The van der Waals surface area contributed by atoms with Gasteiger partial charge in [-0.15, -0.1) is 0 Å². The van der Waals surface area contributed by atoms with Crippen LogP contribution in [0, 0.1) is 0 Å². The maximum atomic E-state index is 6.13. The fourth-order valence-electron chi connectivity index (χ4n) is 2.40. The molecule has 0 bridgehead atoms. The minimum atomic E-state index is 0.458. The Morgan fingerprint density at radius 3 is 2.43 bits per heavy atom. The highest BCUT2D eigenvalue weighted by Crippen LogP contribution is 2.30. The van der Waals surface area contributed by atoms with Crippen LogP contribution in [-0.2, 0) is 0 Å². The molecule has 1 heterocycles. The molecular weight excluding hydrogens is 264 g/mol. The number of nitrogens with two attached hydrogens (primary N) is 1. The standard InChI is InChI=1S/C16H18N4O/c1-3-20(4-2)16-18-15(21-19-16)13-9-11-7-5-6-8-12(11)10-14(13)17/h5-10H,3-4,17H2,1-2H3. The zero-order valence-corrected chi connectivity index (χ0v) is 12.2. The summed E-state index contributed by atoms with van der Waals surface area (Å²) in [6.07, 6.45) is 0. The number of fused-ring (bicyclic) bond motifs is 1. The fraction of sp³-hybridized carbons (Fsp3) is 0.250. The van der Waals surface area contributed by atoms with Crippen molar-refractivity contribution in [2.75, 3.05) is 23.7 Å². The van der Waals surface area contributed by atoms with Gasteiger partial charge in [-0.1, -0.05) is 24.3 Å². The van der Waals surface area contributed by atoms with Gasteiger partial charge in [0.2, 0.25) is 0 Å². The molecule has 0 saturated carbocycles. The third-order valence-corrected chi connectivity index (χ3v) is 3.61. The van der Waals surface area contributed by atoms with Gasteiger partial charge < -0.3 is 15.2 Å². The smallest absolute Gasteiger partial charge is 0.266 e. The van der Waals surface area contributed by atoms with Crippen molar-refractivity contribution in [3.05, 3.63) is 36.4 Å². The SMILES string of the molecule is CCN(CC)c1noc(-c2cc3ccccc3cc2N)n1. The molecule has 0 aliphatic rings. The average molecular weight is 282 g/mol. The number of rotatable bonds is 4. The highest BCUT2D eigenvalue weighted by Gasteiger charge is 2.15. The van der Waals surface area contributed by atoms with Crippen LogP contribution in [0.3, 0.4) is 0 Å². The molecule has 0 amide bonds. The Morgan fingerprint density at radius 2 is 1.76 bits per heavy atom. The third kappa shape index (κ3) is 2.42. The van der Waals surface area contributed by atoms with Gasteiger partial charge in [0, 0.05) is 18.8 Å². The van der Waals surface area contributed by atoms with Crippen molar-refractivity contribution in [3.8, 4) is 11.5 Å². The Labute approximate surface area is 123 Å². The van der Waals surface area contributed by atoms with Gasteiger partial charge in [-0.25, -0.2) is 0 Å². The molecule has 2 N–H and O–H groups in total. The van der Waals surface area contributed by atoms with Gasteiger partial charge in [0.25, 0.3) is 11.8 Å². The Morgan fingerprint density at radius 1 is 1.10 bits per heavy atom. The van der Waals surface area contributed by atoms with Crippen LogP contribution in [0.4, 0.5) is 11.6 Å². The van der Waals surface area contributed by atoms with Crippen LogP contribution in [-0.4, -0.2) is 23.2 Å². The molecule has 0 atom stereocenters. The van der Waals surface area contributed by atoms with E-state index in [1.165, 1.54) is 0 Å². The minimum Gasteiger partial charge on any atom is -0.398 e. The van der Waals surface area contributed by atoms with Crippen molar-refractivity contribution in [2.24, 2.45) is 0 Å². The van der Waals surface area contributed by atoms with Crippen LogP contribution in [0.5, 0.6) is 0 Å². The van der Waals surface area contributed by atoms with E-state index in [0.29, 0.717) is 17.5 Å². The maximum Gasteiger partial charge on any atom is 0.266 e. The molecule has 5 heteroatoms. The topological polar surface area (TPSA) is 68.2 Å². The zero-order valence-electron chi connectivity index (χ0n) is 12.2. The third-order valence-electron chi connectivity index (χ3n) is 3.61. The van der Waals surface area contributed by atoms with Crippen LogP contribution in [0.1, 0.15) is 13.8 Å². The first kappa shape index (κ1) is 13.4. The normalized spacial score (nSPS) is 11.0. The van der Waals surface area contributed by atoms with Gasteiger partial charge in [0.05, 0.1) is 5.56 Å². The first-order valence-electron chi connectivity index (χ1n) is 7.10. The number of aromatic nitrogens is 2. The molecule has 2 aromatic carbocycles. The van der Waals surface area contributed by atoms with Gasteiger partial charge in [0.15, 0.2) is 0 Å². The summed E-state index contributed by atoms with van der Waals surface area (Å²) in [5.74, 6) is 1.06. The molecule has 0 fully saturated rings. The van der Waals surface area contributed by atoms with E-state index in [2.05, 4.69) is 24.0 Å². The summed E-state index contributed by atoms with van der Waals surface area (Å²) in [4.78, 5) is 6.49. The Kier molecular flexibility index (Phi) is 3.48. The fourth-order valence-corrected chi connectivity index (χ4v) is 2.40. The van der Waals surface area contributed by atoms with Crippen LogP contribution in [0.2, 0.25) is 0 Å². The van der Waals surface area contributed by atoms with Gasteiger partial charge in [-0.2, -0.15) is 4.98 Å². The first-order valence-corrected chi connectivity index (χ1v) is 7.10. The number of hydrogen-bond acceptors (Lipinski definition) is 5. The molecule has 0 saturated heterocycles. The number of anilines is 2. The molecule has 5 nitrogen and oxygen atoms in total. The number of benzene rings is 2. The van der Waals surface area contributed by atoms with Gasteiger partial charge in [0.1, 0.15) is 0 Å². The number of nitrogen functional groups attached to an aromatic ring is 1. The first-order chi connectivity index (χ1) is 10.2. The number of nitrogens with zero attached hydrogens (tertiary/aromatic N) is 3. The van der Waals surface area contributed by atoms with Crippen molar-refractivity contribution in [3.63, 3.8) is 0 Å². The average Bonchev–Trinajstić information content (AvgIpc) is 2.97. The van der Waals surface area contributed by atoms with Gasteiger partial charge in [-0.3, -0.25) is 0 Å². The molecule has 0 aliphatic heterocycles. The summed E-state index contributed by atoms with van der Waals surface area (Å²) in [6, 6.07) is 12.0. The highest BCUT2D eigenvalue weighted by molar-refractivity contribution is 5.92. The summed E-state index contributed by atoms with van der Waals surface area (Å²) in [6.45, 7) is 5.79. The molecule has 0 spiro atoms. The predicted molar refractivity (Wildman–Crippen MR) is 85.2 cm³/mol. The van der Waals surface area contributed by atoms with Gasteiger partial charge >= 0.3 is 0 Å². The van der Waals surface area contributed by atoms with Crippen LogP contribution in [0.15, 0.2) is 40.9 Å². The number of hydrogen-bond donors (Lipinski definition) is 1. The summed E-state index contributed by atoms with van der Waals surface area (Å²) < 4.78 is 5.38. The second kappa shape index (κ2) is 5.44. The summed E-state index contributed by atoms with van der Waals surface area (Å²) in [5.41, 5.74) is 7.55. The Hall–Kier alpha value is -2.56. The van der Waals surface area contributed by atoms with E-state index in [1.54, 1.807) is 0 Å². The molecule has 21 heavy (non-hydrogen) atoms. The summed E-state index contributed by atoms with van der Waals surface area (Å²) >= 11 is 0. The Balaban J connectivity index is 2.06. The molecule has 1 aromatic heterocycles. The van der Waals surface area contributed by atoms with Crippen LogP contribution < -0.4 is 10.6 Å². The van der Waals surface area contributed by atoms with E-state index in [0.717, 1.165) is 29.4 Å². The Bertz CT molecular complexity index is 762. The van der Waals surface area contributed by atoms with Crippen LogP contribution in [0.25, 0.3) is 22.2 Å². The van der Waals surface area contributed by atoms with E-state index in [1.807, 2.05) is 41.3 Å². The second-order valence-electron chi connectivity index (χ2n) is 4.86. The lowest BCUT2D eigenvalue weighted by atomic mass is 10.1. The van der Waals surface area contributed by atoms with Crippen molar-refractivity contribution >= 4 is 22.4 Å². The lowest BCUT2D eigenvalue weighted by Crippen LogP contribution is -2.22. The molecule has 3 rings (SSSR count).